The number of hydrogen-bond acceptors (Lipinski definition) is 3. The van der Waals surface area contributed by atoms with Gasteiger partial charge < -0.3 is 10.1 Å². The zero-order valence-electron chi connectivity index (χ0n) is 12.8. The van der Waals surface area contributed by atoms with Crippen LogP contribution >= 0.6 is 11.3 Å². The average Bonchev–Trinajstić information content (AvgIpc) is 2.92. The third kappa shape index (κ3) is 2.99. The minimum atomic E-state index is 0.278. The molecule has 0 spiro atoms. The highest BCUT2D eigenvalue weighted by Gasteiger charge is 2.26. The molecule has 1 saturated carbocycles. The summed E-state index contributed by atoms with van der Waals surface area (Å²) in [6, 6.07) is 11.4. The summed E-state index contributed by atoms with van der Waals surface area (Å²) in [6.45, 7) is 3.13. The van der Waals surface area contributed by atoms with E-state index >= 15 is 0 Å². The maximum atomic E-state index is 5.35. The number of benzene rings is 1. The van der Waals surface area contributed by atoms with Crippen molar-refractivity contribution in [3.63, 3.8) is 0 Å². The summed E-state index contributed by atoms with van der Waals surface area (Å²) < 4.78 is 5.35. The number of ether oxygens (including phenoxy) is 1. The van der Waals surface area contributed by atoms with Crippen LogP contribution in [-0.2, 0) is 0 Å². The van der Waals surface area contributed by atoms with Gasteiger partial charge in [-0.3, -0.25) is 0 Å². The molecule has 0 saturated heterocycles. The van der Waals surface area contributed by atoms with Gasteiger partial charge in [0.2, 0.25) is 0 Å². The van der Waals surface area contributed by atoms with E-state index in [-0.39, 0.29) is 6.04 Å². The van der Waals surface area contributed by atoms with E-state index < -0.39 is 0 Å². The fourth-order valence-corrected chi connectivity index (χ4v) is 3.97. The summed E-state index contributed by atoms with van der Waals surface area (Å²) in [5.41, 5.74) is 2.97. The third-order valence-corrected chi connectivity index (χ3v) is 5.35. The number of thiophene rings is 1. The molecule has 21 heavy (non-hydrogen) atoms. The van der Waals surface area contributed by atoms with Crippen LogP contribution in [0.4, 0.5) is 0 Å². The monoisotopic (exact) mass is 301 g/mol. The lowest BCUT2D eigenvalue weighted by atomic mass is 9.77. The van der Waals surface area contributed by atoms with Crippen molar-refractivity contribution in [2.24, 2.45) is 0 Å². The highest BCUT2D eigenvalue weighted by atomic mass is 32.1. The van der Waals surface area contributed by atoms with Crippen molar-refractivity contribution in [3.8, 4) is 5.75 Å². The molecule has 1 heterocycles. The Morgan fingerprint density at radius 2 is 2.14 bits per heavy atom. The number of methoxy groups -OCH3 is 1. The molecule has 2 nitrogen and oxygen atoms in total. The topological polar surface area (TPSA) is 21.3 Å². The second kappa shape index (κ2) is 6.63. The van der Waals surface area contributed by atoms with Gasteiger partial charge in [-0.1, -0.05) is 37.6 Å². The Morgan fingerprint density at radius 3 is 2.76 bits per heavy atom. The van der Waals surface area contributed by atoms with Gasteiger partial charge in [-0.25, -0.2) is 0 Å². The first-order valence-electron chi connectivity index (χ1n) is 7.78. The first kappa shape index (κ1) is 14.6. The largest absolute Gasteiger partial charge is 0.496 e. The molecule has 1 aromatic carbocycles. The Labute approximate surface area is 131 Å². The smallest absolute Gasteiger partial charge is 0.129 e. The summed E-state index contributed by atoms with van der Waals surface area (Å²) in [5, 5.41) is 5.74. The summed E-state index contributed by atoms with van der Waals surface area (Å²) >= 11 is 1.78. The first-order valence-corrected chi connectivity index (χ1v) is 8.66. The molecular weight excluding hydrogens is 278 g/mol. The molecule has 1 aliphatic carbocycles. The Bertz CT molecular complexity index is 588. The van der Waals surface area contributed by atoms with Crippen molar-refractivity contribution in [1.29, 1.82) is 0 Å². The Balaban J connectivity index is 1.96. The van der Waals surface area contributed by atoms with Gasteiger partial charge in [0.15, 0.2) is 0 Å². The van der Waals surface area contributed by atoms with Crippen LogP contribution in [0.5, 0.6) is 5.75 Å². The Hall–Kier alpha value is -1.32. The molecular formula is C18H23NOS. The zero-order chi connectivity index (χ0) is 14.7. The lowest BCUT2D eigenvalue weighted by Gasteiger charge is -2.30. The molecule has 1 atom stereocenters. The number of rotatable bonds is 6. The molecule has 0 aliphatic heterocycles. The van der Waals surface area contributed by atoms with E-state index in [2.05, 4.69) is 48.0 Å². The van der Waals surface area contributed by atoms with Crippen LogP contribution in [0.15, 0.2) is 35.7 Å². The lowest BCUT2D eigenvalue weighted by molar-refractivity contribution is 0.413. The quantitative estimate of drug-likeness (QED) is 0.833. The number of hydrogen-bond donors (Lipinski definition) is 1. The van der Waals surface area contributed by atoms with Crippen molar-refractivity contribution in [2.45, 2.75) is 38.1 Å². The van der Waals surface area contributed by atoms with Crippen LogP contribution in [0.1, 0.15) is 54.1 Å². The van der Waals surface area contributed by atoms with Crippen LogP contribution in [0.2, 0.25) is 0 Å². The predicted molar refractivity (Wildman–Crippen MR) is 89.4 cm³/mol. The summed E-state index contributed by atoms with van der Waals surface area (Å²) in [6.07, 6.45) is 4.05. The van der Waals surface area contributed by atoms with Gasteiger partial charge in [0.25, 0.3) is 0 Å². The summed E-state index contributed by atoms with van der Waals surface area (Å²) in [7, 11) is 1.73. The molecule has 1 aliphatic rings. The highest BCUT2D eigenvalue weighted by molar-refractivity contribution is 7.10. The van der Waals surface area contributed by atoms with Crippen LogP contribution in [0.3, 0.4) is 0 Å². The van der Waals surface area contributed by atoms with Gasteiger partial charge in [-0.05, 0) is 42.5 Å². The van der Waals surface area contributed by atoms with Crippen molar-refractivity contribution in [1.82, 2.24) is 5.32 Å². The van der Waals surface area contributed by atoms with Crippen molar-refractivity contribution in [3.05, 3.63) is 51.7 Å². The molecule has 1 unspecified atom stereocenters. The summed E-state index contributed by atoms with van der Waals surface area (Å²) in [4.78, 5) is 1.33. The molecule has 1 fully saturated rings. The lowest BCUT2D eigenvalue weighted by Crippen LogP contribution is -2.24. The zero-order valence-corrected chi connectivity index (χ0v) is 13.6. The standard InChI is InChI=1S/C18H23NOS/c1-3-19-18(17-11-14(20-2)12-21-17)16-10-5-4-9-15(16)13-7-6-8-13/h4-5,9-13,18-19H,3,6-8H2,1-2H3. The maximum Gasteiger partial charge on any atom is 0.129 e. The maximum absolute atomic E-state index is 5.35. The van der Waals surface area contributed by atoms with E-state index in [1.165, 1.54) is 35.3 Å². The van der Waals surface area contributed by atoms with Gasteiger partial charge in [-0.15, -0.1) is 11.3 Å². The molecule has 3 heteroatoms. The van der Waals surface area contributed by atoms with Crippen molar-refractivity contribution < 1.29 is 4.74 Å². The average molecular weight is 301 g/mol. The highest BCUT2D eigenvalue weighted by Crippen LogP contribution is 2.41. The molecule has 1 N–H and O–H groups in total. The predicted octanol–water partition coefficient (Wildman–Crippen LogP) is 4.72. The SMILES string of the molecule is CCNC(c1cc(OC)cs1)c1ccccc1C1CCC1. The van der Waals surface area contributed by atoms with Crippen molar-refractivity contribution in [2.75, 3.05) is 13.7 Å². The van der Waals surface area contributed by atoms with Crippen molar-refractivity contribution >= 4 is 11.3 Å². The minimum Gasteiger partial charge on any atom is -0.496 e. The first-order chi connectivity index (χ1) is 10.3. The third-order valence-electron chi connectivity index (χ3n) is 4.38. The molecule has 112 valence electrons. The second-order valence-corrected chi connectivity index (χ2v) is 6.58. The number of nitrogens with one attached hydrogen (secondary N) is 1. The van der Waals surface area contributed by atoms with E-state index in [0.29, 0.717) is 0 Å². The van der Waals surface area contributed by atoms with Crippen LogP contribution < -0.4 is 10.1 Å². The molecule has 0 bridgehead atoms. The van der Waals surface area contributed by atoms with E-state index in [9.17, 15) is 0 Å². The van der Waals surface area contributed by atoms with E-state index in [1.807, 2.05) is 0 Å². The van der Waals surface area contributed by atoms with Crippen LogP contribution in [0, 0.1) is 0 Å². The summed E-state index contributed by atoms with van der Waals surface area (Å²) in [5.74, 6) is 1.71. The fraction of sp³-hybridized carbons (Fsp3) is 0.444. The van der Waals surface area contributed by atoms with E-state index in [0.717, 1.165) is 18.2 Å². The Kier molecular flexibility index (Phi) is 4.61. The van der Waals surface area contributed by atoms with Crippen LogP contribution in [0.25, 0.3) is 0 Å². The second-order valence-electron chi connectivity index (χ2n) is 5.64. The minimum absolute atomic E-state index is 0.278. The van der Waals surface area contributed by atoms with E-state index in [4.69, 9.17) is 4.74 Å². The molecule has 3 rings (SSSR count). The van der Waals surface area contributed by atoms with Gasteiger partial charge in [0.1, 0.15) is 5.75 Å². The van der Waals surface area contributed by atoms with Crippen LogP contribution in [-0.4, -0.2) is 13.7 Å². The van der Waals surface area contributed by atoms with Gasteiger partial charge >= 0.3 is 0 Å². The molecule has 2 aromatic rings. The molecule has 1 aromatic heterocycles. The van der Waals surface area contributed by atoms with Gasteiger partial charge in [0.05, 0.1) is 13.2 Å². The normalized spacial score (nSPS) is 16.5. The van der Waals surface area contributed by atoms with Gasteiger partial charge in [0, 0.05) is 10.3 Å². The Morgan fingerprint density at radius 1 is 1.33 bits per heavy atom. The van der Waals surface area contributed by atoms with Gasteiger partial charge in [-0.2, -0.15) is 0 Å². The van der Waals surface area contributed by atoms with E-state index in [1.54, 1.807) is 18.4 Å². The fourth-order valence-electron chi connectivity index (χ4n) is 3.03. The molecule has 0 amide bonds. The molecule has 0 radical (unpaired) electrons.